The predicted molar refractivity (Wildman–Crippen MR) is 452 cm³/mol. The Labute approximate surface area is 678 Å². The van der Waals surface area contributed by atoms with Gasteiger partial charge in [0.2, 0.25) is 5.91 Å². The van der Waals surface area contributed by atoms with Gasteiger partial charge in [-0.25, -0.2) is 49.2 Å². The Morgan fingerprint density at radius 3 is 1.31 bits per heavy atom. The minimum Gasteiger partial charge on any atom is -0.382 e. The number of amides is 6. The third-order valence-electron chi connectivity index (χ3n) is 19.8. The van der Waals surface area contributed by atoms with E-state index in [1.165, 1.54) is 12.3 Å². The molecule has 1 saturated carbocycles. The van der Waals surface area contributed by atoms with Gasteiger partial charge in [-0.15, -0.1) is 0 Å². The van der Waals surface area contributed by atoms with E-state index in [-0.39, 0.29) is 75.8 Å². The molecule has 9 aromatic heterocycles. The van der Waals surface area contributed by atoms with Crippen molar-refractivity contribution >= 4 is 86.9 Å². The lowest BCUT2D eigenvalue weighted by molar-refractivity contribution is -0.130. The number of hydrogen-bond acceptors (Lipinski definition) is 19. The van der Waals surface area contributed by atoms with E-state index in [2.05, 4.69) is 69.5 Å². The number of pyridine rings is 3. The topological polar surface area (TPSA) is 359 Å². The second kappa shape index (κ2) is 38.2. The first-order valence-corrected chi connectivity index (χ1v) is 37.8. The summed E-state index contributed by atoms with van der Waals surface area (Å²) in [5, 5.41) is 8.16. The number of nitrogen functional groups attached to an aromatic ring is 3. The van der Waals surface area contributed by atoms with E-state index in [1.54, 1.807) is 115 Å². The second-order valence-electron chi connectivity index (χ2n) is 28.0. The van der Waals surface area contributed by atoms with Gasteiger partial charge in [-0.1, -0.05) is 95.7 Å². The predicted octanol–water partition coefficient (Wildman–Crippen LogP) is 13.6. The largest absolute Gasteiger partial charge is 0.382 e. The number of hydrogen-bond donors (Lipinski definition) is 6. The number of likely N-dealkylation sites (N-methyl/N-ethyl adjacent to an activating group) is 1. The summed E-state index contributed by atoms with van der Waals surface area (Å²) >= 11 is 0. The molecule has 29 heteroatoms. The van der Waals surface area contributed by atoms with Crippen LogP contribution in [-0.2, 0) is 14.4 Å². The lowest BCUT2D eigenvalue weighted by atomic mass is 10.0. The fourth-order valence-corrected chi connectivity index (χ4v) is 14.1. The maximum absolute atomic E-state index is 13.5. The number of benzene rings is 3. The molecule has 0 bridgehead atoms. The van der Waals surface area contributed by atoms with E-state index in [4.69, 9.17) is 32.2 Å². The molecule has 3 aliphatic heterocycles. The third kappa shape index (κ3) is 19.3. The Morgan fingerprint density at radius 1 is 0.487 bits per heavy atom. The van der Waals surface area contributed by atoms with E-state index in [1.807, 2.05) is 110 Å². The molecule has 3 aromatic carbocycles. The summed E-state index contributed by atoms with van der Waals surface area (Å²) < 4.78 is 19.2. The second-order valence-corrected chi connectivity index (χ2v) is 28.0. The number of imidazole rings is 3. The average molecular weight is 1580 g/mol. The van der Waals surface area contributed by atoms with Crippen molar-refractivity contribution in [2.75, 3.05) is 73.4 Å². The maximum Gasteiger partial charge on any atom is 0.299 e. The van der Waals surface area contributed by atoms with E-state index >= 15 is 0 Å². The number of rotatable bonds is 16. The highest BCUT2D eigenvalue weighted by Crippen LogP contribution is 2.41. The summed E-state index contributed by atoms with van der Waals surface area (Å²) in [5.41, 5.74) is 26.5. The lowest BCUT2D eigenvalue weighted by Crippen LogP contribution is -2.38. The van der Waals surface area contributed by atoms with Gasteiger partial charge >= 0.3 is 0 Å². The van der Waals surface area contributed by atoms with Crippen LogP contribution < -0.4 is 33.2 Å². The monoisotopic (exact) mass is 1570 g/mol. The number of nitrogens with one attached hydrogen (secondary N) is 3. The van der Waals surface area contributed by atoms with E-state index in [0.29, 0.717) is 124 Å². The molecule has 16 rings (SSSR count). The molecule has 0 radical (unpaired) electrons. The molecule has 3 saturated heterocycles. The number of likely N-dealkylation sites (tertiary alicyclic amines) is 3. The summed E-state index contributed by atoms with van der Waals surface area (Å²) in [4.78, 5) is 124. The van der Waals surface area contributed by atoms with Crippen LogP contribution in [0.3, 0.4) is 0 Å². The van der Waals surface area contributed by atoms with Crippen LogP contribution >= 0.6 is 0 Å². The van der Waals surface area contributed by atoms with E-state index in [0.717, 1.165) is 98.6 Å². The minimum atomic E-state index is -0.489. The van der Waals surface area contributed by atoms with Crippen LogP contribution in [0, 0.1) is 35.4 Å². The number of carbonyl (C=O) groups excluding carboxylic acids is 6. The standard InChI is InChI=1S/C29H31FN8O2.C28H25N7O2.C28H27N7O2.3CH4/c1-36(2)15-5-7-24(39)37-16-4-3-6-22(37)28-35-25(26-27(31)33-14-17-38(26)28)19-8-10-20(11-9-19)29(40)34-23-18-21(30)12-13-32-23;29-26-25-24(19-9-11-20(12-10-19)28(37)32-22-5-1-2-14-30-22)33-27(35(25)17-15-31-26)21-4-3-16-34(21)23(36)13-8-18-6-7-18;1-2-3-4-10-23(36)34-17-7-8-21(34)27-33-24(25-26(29)31-16-18-35(25)27)19-11-13-20(14-12-19)28(37)32-22-9-5-6-15-30-22;;;/h5,7-14,17-18,22H,3-4,6,15-16H2,1-2H3,(H2,31,33)(H,32,34,40);1-2,5,9-12,14-15,17-18,21H,3-4,6-7,16H2,(H2,29,31)(H,30,32,37);5-6,9,11-16,18,21H,2-3,7-8,17H2,1H3,(H2,29,31)(H,30,32,37);3*1H4/b7-5+;;;;;/t22-;2*21-;;;/m000.../s1. The maximum atomic E-state index is 13.5. The molecular formula is C88H95FN22O6. The SMILES string of the molecule is C.C.C.CCCC#CC(=O)N1CCC[C@H]1c1nc(-c2ccc(C(=O)Nc3ccccn3)cc2)c2c(N)nccn12.CN(C)C/C=C/C(=O)N1CCCC[C@H]1c1nc(-c2ccc(C(=O)Nc3cc(F)ccn3)cc2)c2c(N)nccn12.Nc1nccn2c([C@@H]3CCCN3C(=O)C#CC3CC3)nc(-c3ccc(C(=O)Nc4ccccn4)cc3)c12. The number of anilines is 6. The molecule has 0 spiro atoms. The van der Waals surface area contributed by atoms with Crippen LogP contribution in [0.2, 0.25) is 0 Å². The van der Waals surface area contributed by atoms with Gasteiger partial charge < -0.3 is 52.8 Å². The summed E-state index contributed by atoms with van der Waals surface area (Å²) in [5.74, 6) is 14.5. The van der Waals surface area contributed by atoms with Crippen molar-refractivity contribution in [3.05, 3.63) is 229 Å². The van der Waals surface area contributed by atoms with Crippen molar-refractivity contribution < 1.29 is 33.2 Å². The quantitative estimate of drug-likeness (QED) is 0.0386. The van der Waals surface area contributed by atoms with Crippen molar-refractivity contribution in [1.29, 1.82) is 0 Å². The molecule has 28 nitrogen and oxygen atoms in total. The molecule has 4 aliphatic rings. The lowest BCUT2D eigenvalue weighted by Gasteiger charge is -2.34. The smallest absolute Gasteiger partial charge is 0.299 e. The first kappa shape index (κ1) is 83.9. The molecule has 117 heavy (non-hydrogen) atoms. The zero-order valence-corrected chi connectivity index (χ0v) is 63.0. The number of fused-ring (bicyclic) bond motifs is 3. The highest BCUT2D eigenvalue weighted by atomic mass is 19.1. The number of piperidine rings is 1. The fraction of sp³-hybridized carbons (Fsp3) is 0.284. The summed E-state index contributed by atoms with van der Waals surface area (Å²) in [6.45, 7) is 4.64. The highest BCUT2D eigenvalue weighted by molar-refractivity contribution is 6.06. The normalized spacial score (nSPS) is 15.4. The third-order valence-corrected chi connectivity index (χ3v) is 19.8. The minimum absolute atomic E-state index is 0. The molecule has 0 unspecified atom stereocenters. The van der Waals surface area contributed by atoms with Crippen molar-refractivity contribution in [3.8, 4) is 57.5 Å². The van der Waals surface area contributed by atoms with Crippen molar-refractivity contribution in [2.24, 2.45) is 5.92 Å². The Kier molecular flexibility index (Phi) is 27.4. The zero-order valence-electron chi connectivity index (χ0n) is 63.0. The zero-order chi connectivity index (χ0) is 79.4. The first-order valence-electron chi connectivity index (χ1n) is 37.8. The van der Waals surface area contributed by atoms with Gasteiger partial charge in [0, 0.05) is 140 Å². The Hall–Kier alpha value is -14.1. The highest BCUT2D eigenvalue weighted by Gasteiger charge is 2.37. The van der Waals surface area contributed by atoms with Crippen LogP contribution in [0.4, 0.5) is 39.3 Å². The Balaban J connectivity index is 0.000000170. The van der Waals surface area contributed by atoms with E-state index < -0.39 is 11.7 Å². The number of nitrogens with two attached hydrogens (primary N) is 3. The van der Waals surface area contributed by atoms with Crippen LogP contribution in [0.25, 0.3) is 50.3 Å². The number of carbonyl (C=O) groups is 6. The molecule has 600 valence electrons. The molecule has 12 aromatic rings. The number of halogens is 1. The molecule has 3 atom stereocenters. The summed E-state index contributed by atoms with van der Waals surface area (Å²) in [6.07, 6.45) is 28.1. The summed E-state index contributed by atoms with van der Waals surface area (Å²) in [7, 11) is 3.91. The van der Waals surface area contributed by atoms with E-state index in [9.17, 15) is 33.2 Å². The molecular weight excluding hydrogens is 1480 g/mol. The Bertz CT molecular complexity index is 5730. The Morgan fingerprint density at radius 2 is 0.897 bits per heavy atom. The van der Waals surface area contributed by atoms with Gasteiger partial charge in [0.15, 0.2) is 0 Å². The molecule has 1 aliphatic carbocycles. The fourth-order valence-electron chi connectivity index (χ4n) is 14.1. The van der Waals surface area contributed by atoms with Gasteiger partial charge in [0.1, 0.15) is 91.8 Å². The van der Waals surface area contributed by atoms with Gasteiger partial charge in [-0.2, -0.15) is 0 Å². The molecule has 4 fully saturated rings. The average Bonchev–Trinajstić information content (AvgIpc) is 1.61. The number of nitrogens with zero attached hydrogens (tertiary/aromatic N) is 16. The number of aromatic nitrogens is 12. The van der Waals surface area contributed by atoms with Crippen molar-refractivity contribution in [1.82, 2.24) is 77.7 Å². The summed E-state index contributed by atoms with van der Waals surface area (Å²) in [6, 6.07) is 33.5. The van der Waals surface area contributed by atoms with Crippen LogP contribution in [0.15, 0.2) is 189 Å². The molecule has 9 N–H and O–H groups in total. The van der Waals surface area contributed by atoms with Crippen molar-refractivity contribution in [2.45, 2.75) is 118 Å². The van der Waals surface area contributed by atoms with Crippen LogP contribution in [0.5, 0.6) is 0 Å². The van der Waals surface area contributed by atoms with Gasteiger partial charge in [0.05, 0.1) is 18.1 Å². The first-order chi connectivity index (χ1) is 55.5. The van der Waals surface area contributed by atoms with Crippen molar-refractivity contribution in [3.63, 3.8) is 0 Å². The van der Waals surface area contributed by atoms with Gasteiger partial charge in [0.25, 0.3) is 29.5 Å². The van der Waals surface area contributed by atoms with Crippen LogP contribution in [-0.4, -0.2) is 153 Å². The van der Waals surface area contributed by atoms with Gasteiger partial charge in [-0.3, -0.25) is 42.0 Å². The van der Waals surface area contributed by atoms with Crippen LogP contribution in [0.1, 0.15) is 167 Å². The van der Waals surface area contributed by atoms with Gasteiger partial charge in [-0.05, 0) is 157 Å². The molecule has 12 heterocycles. The molecule has 6 amide bonds. The number of unbranched alkanes of at least 4 members (excludes halogenated alkanes) is 1.